The van der Waals surface area contributed by atoms with Crippen molar-refractivity contribution in [1.29, 1.82) is 0 Å². The molecule has 0 fully saturated rings. The van der Waals surface area contributed by atoms with Gasteiger partial charge in [-0.2, -0.15) is 0 Å². The van der Waals surface area contributed by atoms with E-state index in [4.69, 9.17) is 22.1 Å². The molecule has 1 atom stereocenters. The van der Waals surface area contributed by atoms with Gasteiger partial charge in [0, 0.05) is 29.7 Å². The van der Waals surface area contributed by atoms with Crippen molar-refractivity contribution in [3.8, 4) is 5.75 Å². The molecule has 0 spiro atoms. The van der Waals surface area contributed by atoms with Crippen LogP contribution in [0.4, 0.5) is 10.5 Å². The van der Waals surface area contributed by atoms with E-state index in [0.717, 1.165) is 17.7 Å². The van der Waals surface area contributed by atoms with Crippen LogP contribution in [0.1, 0.15) is 23.6 Å². The zero-order valence-electron chi connectivity index (χ0n) is 14.3. The number of halogens is 1. The first kappa shape index (κ1) is 18.2. The Balaban J connectivity index is 1.69. The first-order valence-electron chi connectivity index (χ1n) is 8.18. The van der Waals surface area contributed by atoms with Gasteiger partial charge in [0.15, 0.2) is 0 Å². The molecule has 0 bridgehead atoms. The zero-order chi connectivity index (χ0) is 18.7. The van der Waals surface area contributed by atoms with E-state index in [1.54, 1.807) is 17.0 Å². The Bertz CT molecular complexity index is 840. The lowest BCUT2D eigenvalue weighted by molar-refractivity contribution is -0.118. The van der Waals surface area contributed by atoms with Gasteiger partial charge in [-0.05, 0) is 35.7 Å². The van der Waals surface area contributed by atoms with E-state index in [0.29, 0.717) is 17.1 Å². The van der Waals surface area contributed by atoms with E-state index in [9.17, 15) is 9.59 Å². The van der Waals surface area contributed by atoms with Crippen LogP contribution in [0.3, 0.4) is 0 Å². The van der Waals surface area contributed by atoms with Crippen molar-refractivity contribution < 1.29 is 19.1 Å². The SMILES string of the molecule is COC(=O)Oc1ccc(C(N)CC(=O)N2CCc3ccccc32)c(Cl)c1. The second-order valence-corrected chi connectivity index (χ2v) is 6.38. The molecule has 2 N–H and O–H groups in total. The number of anilines is 1. The molecule has 0 saturated heterocycles. The smallest absolute Gasteiger partial charge is 0.437 e. The van der Waals surface area contributed by atoms with E-state index in [-0.39, 0.29) is 18.1 Å². The number of fused-ring (bicyclic) bond motifs is 1. The summed E-state index contributed by atoms with van der Waals surface area (Å²) in [7, 11) is 1.22. The molecule has 0 aliphatic carbocycles. The number of methoxy groups -OCH3 is 1. The third-order valence-electron chi connectivity index (χ3n) is 4.32. The van der Waals surface area contributed by atoms with Crippen molar-refractivity contribution in [1.82, 2.24) is 0 Å². The minimum Gasteiger partial charge on any atom is -0.437 e. The lowest BCUT2D eigenvalue weighted by atomic mass is 10.0. The van der Waals surface area contributed by atoms with Gasteiger partial charge in [-0.1, -0.05) is 35.9 Å². The highest BCUT2D eigenvalue weighted by Crippen LogP contribution is 2.31. The normalized spacial score (nSPS) is 13.9. The Hall–Kier alpha value is -2.57. The molecule has 1 aliphatic heterocycles. The standard InChI is InChI=1S/C19H19ClN2O4/c1-25-19(24)26-13-6-7-14(15(20)10-13)16(21)11-18(23)22-9-8-12-4-2-3-5-17(12)22/h2-7,10,16H,8-9,11,21H2,1H3. The topological polar surface area (TPSA) is 81.9 Å². The van der Waals surface area contributed by atoms with Crippen LogP contribution in [-0.2, 0) is 16.0 Å². The molecule has 7 heteroatoms. The molecule has 1 amide bonds. The largest absolute Gasteiger partial charge is 0.513 e. The molecular formula is C19H19ClN2O4. The van der Waals surface area contributed by atoms with Crippen LogP contribution >= 0.6 is 11.6 Å². The van der Waals surface area contributed by atoms with Crippen LogP contribution in [0.2, 0.25) is 5.02 Å². The predicted molar refractivity (Wildman–Crippen MR) is 98.5 cm³/mol. The fourth-order valence-electron chi connectivity index (χ4n) is 3.02. The average molecular weight is 375 g/mol. The molecule has 1 aliphatic rings. The van der Waals surface area contributed by atoms with E-state index in [2.05, 4.69) is 4.74 Å². The number of carbonyl (C=O) groups excluding carboxylic acids is 2. The number of hydrogen-bond donors (Lipinski definition) is 1. The maximum Gasteiger partial charge on any atom is 0.513 e. The van der Waals surface area contributed by atoms with Gasteiger partial charge in [0.25, 0.3) is 0 Å². The van der Waals surface area contributed by atoms with E-state index in [1.165, 1.54) is 13.2 Å². The van der Waals surface area contributed by atoms with Crippen LogP contribution in [-0.4, -0.2) is 25.7 Å². The molecule has 0 saturated carbocycles. The predicted octanol–water partition coefficient (Wildman–Crippen LogP) is 3.46. The zero-order valence-corrected chi connectivity index (χ0v) is 15.0. The molecule has 2 aromatic carbocycles. The highest BCUT2D eigenvalue weighted by atomic mass is 35.5. The Labute approximate surface area is 156 Å². The first-order valence-corrected chi connectivity index (χ1v) is 8.56. The molecule has 0 radical (unpaired) electrons. The summed E-state index contributed by atoms with van der Waals surface area (Å²) >= 11 is 6.24. The Morgan fingerprint density at radius 1 is 1.27 bits per heavy atom. The lowest BCUT2D eigenvalue weighted by Gasteiger charge is -2.20. The van der Waals surface area contributed by atoms with Crippen molar-refractivity contribution in [3.63, 3.8) is 0 Å². The van der Waals surface area contributed by atoms with E-state index >= 15 is 0 Å². The molecule has 26 heavy (non-hydrogen) atoms. The first-order chi connectivity index (χ1) is 12.5. The van der Waals surface area contributed by atoms with Gasteiger partial charge in [0.1, 0.15) is 5.75 Å². The van der Waals surface area contributed by atoms with E-state index < -0.39 is 12.2 Å². The summed E-state index contributed by atoms with van der Waals surface area (Å²) in [5, 5.41) is 0.327. The molecule has 1 unspecified atom stereocenters. The number of nitrogens with zero attached hydrogens (tertiary/aromatic N) is 1. The Morgan fingerprint density at radius 3 is 2.77 bits per heavy atom. The fourth-order valence-corrected chi connectivity index (χ4v) is 3.33. The second-order valence-electron chi connectivity index (χ2n) is 5.97. The van der Waals surface area contributed by atoms with Crippen LogP contribution < -0.4 is 15.4 Å². The number of hydrogen-bond acceptors (Lipinski definition) is 5. The van der Waals surface area contributed by atoms with Gasteiger partial charge in [0.05, 0.1) is 7.11 Å². The monoisotopic (exact) mass is 374 g/mol. The van der Waals surface area contributed by atoms with Gasteiger partial charge < -0.3 is 20.1 Å². The van der Waals surface area contributed by atoms with Crippen molar-refractivity contribution in [2.45, 2.75) is 18.9 Å². The minimum atomic E-state index is -0.832. The second kappa shape index (κ2) is 7.76. The molecule has 2 aromatic rings. The highest BCUT2D eigenvalue weighted by Gasteiger charge is 2.26. The van der Waals surface area contributed by atoms with Gasteiger partial charge >= 0.3 is 6.16 Å². The third-order valence-corrected chi connectivity index (χ3v) is 4.65. The summed E-state index contributed by atoms with van der Waals surface area (Å²) in [5.74, 6) is 0.200. The van der Waals surface area contributed by atoms with Crippen molar-refractivity contribution in [2.75, 3.05) is 18.6 Å². The molecule has 1 heterocycles. The lowest BCUT2D eigenvalue weighted by Crippen LogP contribution is -2.31. The van der Waals surface area contributed by atoms with Crippen molar-refractivity contribution in [3.05, 3.63) is 58.6 Å². The van der Waals surface area contributed by atoms with Crippen LogP contribution in [0.5, 0.6) is 5.75 Å². The van der Waals surface area contributed by atoms with Crippen molar-refractivity contribution in [2.24, 2.45) is 5.73 Å². The maximum atomic E-state index is 12.7. The minimum absolute atomic E-state index is 0.0478. The molecule has 136 valence electrons. The Kier molecular flexibility index (Phi) is 5.44. The summed E-state index contributed by atoms with van der Waals surface area (Å²) in [6.45, 7) is 0.657. The number of benzene rings is 2. The fraction of sp³-hybridized carbons (Fsp3) is 0.263. The number of nitrogens with two attached hydrogens (primary N) is 1. The summed E-state index contributed by atoms with van der Waals surface area (Å²) in [4.78, 5) is 25.6. The average Bonchev–Trinajstić information content (AvgIpc) is 3.05. The summed E-state index contributed by atoms with van der Waals surface area (Å²) < 4.78 is 9.35. The number of rotatable bonds is 4. The van der Waals surface area contributed by atoms with Crippen LogP contribution in [0, 0.1) is 0 Å². The molecule has 6 nitrogen and oxygen atoms in total. The third kappa shape index (κ3) is 3.81. The van der Waals surface area contributed by atoms with Gasteiger partial charge in [-0.25, -0.2) is 4.79 Å². The Morgan fingerprint density at radius 2 is 2.04 bits per heavy atom. The van der Waals surface area contributed by atoms with Crippen LogP contribution in [0.15, 0.2) is 42.5 Å². The van der Waals surface area contributed by atoms with Gasteiger partial charge in [-0.15, -0.1) is 0 Å². The number of ether oxygens (including phenoxy) is 2. The van der Waals surface area contributed by atoms with E-state index in [1.807, 2.05) is 24.3 Å². The molecule has 3 rings (SSSR count). The van der Waals surface area contributed by atoms with Gasteiger partial charge in [-0.3, -0.25) is 4.79 Å². The van der Waals surface area contributed by atoms with Gasteiger partial charge in [0.2, 0.25) is 5.91 Å². The number of amides is 1. The molecule has 0 aromatic heterocycles. The van der Waals surface area contributed by atoms with Crippen molar-refractivity contribution >= 4 is 29.4 Å². The quantitative estimate of drug-likeness (QED) is 0.654. The summed E-state index contributed by atoms with van der Waals surface area (Å²) in [5.41, 5.74) is 8.92. The molecular weight excluding hydrogens is 356 g/mol. The highest BCUT2D eigenvalue weighted by molar-refractivity contribution is 6.31. The van der Waals surface area contributed by atoms with Crippen LogP contribution in [0.25, 0.3) is 0 Å². The number of para-hydroxylation sites is 1. The maximum absolute atomic E-state index is 12.7. The summed E-state index contributed by atoms with van der Waals surface area (Å²) in [6, 6.07) is 12.0. The summed E-state index contributed by atoms with van der Waals surface area (Å²) in [6.07, 6.45) is 0.143. The number of carbonyl (C=O) groups is 2.